The van der Waals surface area contributed by atoms with Crippen LogP contribution in [0, 0.1) is 6.92 Å². The van der Waals surface area contributed by atoms with E-state index in [-0.39, 0.29) is 0 Å². The maximum Gasteiger partial charge on any atom is 0.0901 e. The Morgan fingerprint density at radius 1 is 1.50 bits per heavy atom. The Bertz CT molecular complexity index is 445. The van der Waals surface area contributed by atoms with E-state index in [0.29, 0.717) is 0 Å². The van der Waals surface area contributed by atoms with E-state index in [1.165, 1.54) is 11.1 Å². The van der Waals surface area contributed by atoms with Crippen molar-refractivity contribution < 1.29 is 0 Å². The van der Waals surface area contributed by atoms with Crippen molar-refractivity contribution in [1.29, 1.82) is 0 Å². The Morgan fingerprint density at radius 3 is 3.00 bits per heavy atom. The van der Waals surface area contributed by atoms with Crippen LogP contribution in [0.4, 0.5) is 0 Å². The zero-order chi connectivity index (χ0) is 10.1. The van der Waals surface area contributed by atoms with E-state index < -0.39 is 0 Å². The zero-order valence-electron chi connectivity index (χ0n) is 8.86. The Balaban J connectivity index is 2.61. The van der Waals surface area contributed by atoms with Gasteiger partial charge in [-0.1, -0.05) is 0 Å². The molecule has 0 amide bonds. The number of rotatable bonds is 2. The molecule has 2 heterocycles. The van der Waals surface area contributed by atoms with Crippen molar-refractivity contribution >= 4 is 11.0 Å². The summed E-state index contributed by atoms with van der Waals surface area (Å²) in [6.07, 6.45) is 3.96. The molecule has 2 rings (SSSR count). The molecule has 0 aliphatic heterocycles. The van der Waals surface area contributed by atoms with E-state index in [2.05, 4.69) is 47.8 Å². The standard InChI is InChI=1S/C11H15N3/c1-4-13(3)14-6-5-10-11(14)7-9(2)8-12-10/h5-8H,4H2,1-3H3. The van der Waals surface area contributed by atoms with Gasteiger partial charge in [-0.15, -0.1) is 0 Å². The third kappa shape index (κ3) is 1.35. The Hall–Kier alpha value is -1.51. The minimum absolute atomic E-state index is 0.984. The summed E-state index contributed by atoms with van der Waals surface area (Å²) in [5, 5.41) is 2.16. The van der Waals surface area contributed by atoms with Gasteiger partial charge in [0.2, 0.25) is 0 Å². The van der Waals surface area contributed by atoms with Crippen LogP contribution in [-0.4, -0.2) is 23.3 Å². The fourth-order valence-corrected chi connectivity index (χ4v) is 1.55. The zero-order valence-corrected chi connectivity index (χ0v) is 8.86. The molecule has 3 nitrogen and oxygen atoms in total. The number of hydrogen-bond donors (Lipinski definition) is 0. The third-order valence-corrected chi connectivity index (χ3v) is 2.48. The van der Waals surface area contributed by atoms with Crippen molar-refractivity contribution in [3.05, 3.63) is 30.1 Å². The van der Waals surface area contributed by atoms with Crippen LogP contribution in [0.3, 0.4) is 0 Å². The van der Waals surface area contributed by atoms with Crippen LogP contribution in [0.1, 0.15) is 12.5 Å². The molecule has 0 radical (unpaired) electrons. The fourth-order valence-electron chi connectivity index (χ4n) is 1.55. The predicted molar refractivity (Wildman–Crippen MR) is 59.2 cm³/mol. The number of aryl methyl sites for hydroxylation is 1. The van der Waals surface area contributed by atoms with Crippen LogP contribution < -0.4 is 5.01 Å². The molecule has 0 fully saturated rings. The Kier molecular flexibility index (Phi) is 2.15. The Labute approximate surface area is 83.9 Å². The molecule has 0 saturated heterocycles. The quantitative estimate of drug-likeness (QED) is 0.719. The minimum Gasteiger partial charge on any atom is -0.316 e. The summed E-state index contributed by atoms with van der Waals surface area (Å²) in [5.41, 5.74) is 3.42. The molecule has 0 unspecified atom stereocenters. The summed E-state index contributed by atoms with van der Waals surface area (Å²) in [4.78, 5) is 4.37. The number of pyridine rings is 1. The first-order valence-corrected chi connectivity index (χ1v) is 4.87. The van der Waals surface area contributed by atoms with E-state index in [9.17, 15) is 0 Å². The van der Waals surface area contributed by atoms with Crippen LogP contribution in [0.5, 0.6) is 0 Å². The molecule has 0 aliphatic carbocycles. The highest BCUT2D eigenvalue weighted by molar-refractivity contribution is 5.76. The van der Waals surface area contributed by atoms with Gasteiger partial charge in [-0.25, -0.2) is 0 Å². The van der Waals surface area contributed by atoms with Crippen LogP contribution in [0.25, 0.3) is 11.0 Å². The van der Waals surface area contributed by atoms with Crippen LogP contribution in [0.2, 0.25) is 0 Å². The average Bonchev–Trinajstić information content (AvgIpc) is 2.59. The summed E-state index contributed by atoms with van der Waals surface area (Å²) in [6, 6.07) is 4.20. The highest BCUT2D eigenvalue weighted by Gasteiger charge is 2.04. The summed E-state index contributed by atoms with van der Waals surface area (Å²) in [6.45, 7) is 5.18. The summed E-state index contributed by atoms with van der Waals surface area (Å²) in [5.74, 6) is 0. The van der Waals surface area contributed by atoms with Crippen molar-refractivity contribution in [3.63, 3.8) is 0 Å². The largest absolute Gasteiger partial charge is 0.316 e. The average molecular weight is 189 g/mol. The van der Waals surface area contributed by atoms with E-state index in [1.807, 2.05) is 12.3 Å². The first-order valence-electron chi connectivity index (χ1n) is 4.87. The molecule has 0 aliphatic rings. The molecule has 14 heavy (non-hydrogen) atoms. The second kappa shape index (κ2) is 3.33. The first kappa shape index (κ1) is 9.06. The topological polar surface area (TPSA) is 21.1 Å². The van der Waals surface area contributed by atoms with Crippen molar-refractivity contribution in [3.8, 4) is 0 Å². The molecule has 2 aromatic heterocycles. The molecule has 0 bridgehead atoms. The molecule has 0 saturated carbocycles. The minimum atomic E-state index is 0.984. The van der Waals surface area contributed by atoms with E-state index in [0.717, 1.165) is 12.1 Å². The normalized spacial score (nSPS) is 10.8. The van der Waals surface area contributed by atoms with Gasteiger partial charge in [-0.2, -0.15) is 0 Å². The van der Waals surface area contributed by atoms with Gasteiger partial charge in [-0.05, 0) is 31.5 Å². The highest BCUT2D eigenvalue weighted by Crippen LogP contribution is 2.14. The lowest BCUT2D eigenvalue weighted by Crippen LogP contribution is -2.28. The first-order chi connectivity index (χ1) is 6.72. The number of aromatic nitrogens is 2. The van der Waals surface area contributed by atoms with E-state index in [4.69, 9.17) is 0 Å². The summed E-state index contributed by atoms with van der Waals surface area (Å²) in [7, 11) is 2.07. The van der Waals surface area contributed by atoms with Crippen molar-refractivity contribution in [1.82, 2.24) is 9.66 Å². The molecule has 0 N–H and O–H groups in total. The second-order valence-electron chi connectivity index (χ2n) is 3.55. The van der Waals surface area contributed by atoms with Crippen LogP contribution >= 0.6 is 0 Å². The molecule has 3 heteroatoms. The van der Waals surface area contributed by atoms with Gasteiger partial charge in [0.05, 0.1) is 11.0 Å². The van der Waals surface area contributed by atoms with E-state index in [1.54, 1.807) is 0 Å². The van der Waals surface area contributed by atoms with E-state index >= 15 is 0 Å². The van der Waals surface area contributed by atoms with Gasteiger partial charge in [-0.3, -0.25) is 9.66 Å². The van der Waals surface area contributed by atoms with Gasteiger partial charge in [0.1, 0.15) is 0 Å². The number of fused-ring (bicyclic) bond motifs is 1. The van der Waals surface area contributed by atoms with Gasteiger partial charge >= 0.3 is 0 Å². The van der Waals surface area contributed by atoms with Gasteiger partial charge in [0.25, 0.3) is 0 Å². The maximum atomic E-state index is 4.37. The lowest BCUT2D eigenvalue weighted by molar-refractivity contribution is 0.696. The molecular weight excluding hydrogens is 174 g/mol. The maximum absolute atomic E-state index is 4.37. The van der Waals surface area contributed by atoms with Crippen molar-refractivity contribution in [2.75, 3.05) is 18.6 Å². The molecule has 2 aromatic rings. The smallest absolute Gasteiger partial charge is 0.0901 e. The van der Waals surface area contributed by atoms with Gasteiger partial charge < -0.3 is 5.01 Å². The van der Waals surface area contributed by atoms with Crippen LogP contribution in [0.15, 0.2) is 24.5 Å². The highest BCUT2D eigenvalue weighted by atomic mass is 15.5. The molecule has 74 valence electrons. The fraction of sp³-hybridized carbons (Fsp3) is 0.364. The molecule has 0 atom stereocenters. The van der Waals surface area contributed by atoms with Gasteiger partial charge in [0, 0.05) is 26.0 Å². The van der Waals surface area contributed by atoms with Crippen LogP contribution in [-0.2, 0) is 0 Å². The van der Waals surface area contributed by atoms with Crippen molar-refractivity contribution in [2.24, 2.45) is 0 Å². The molecule has 0 spiro atoms. The van der Waals surface area contributed by atoms with Gasteiger partial charge in [0.15, 0.2) is 0 Å². The monoisotopic (exact) mass is 189 g/mol. The van der Waals surface area contributed by atoms with Crippen molar-refractivity contribution in [2.45, 2.75) is 13.8 Å². The number of nitrogens with zero attached hydrogens (tertiary/aromatic N) is 3. The SMILES string of the molecule is CCN(C)n1ccc2ncc(C)cc21. The Morgan fingerprint density at radius 2 is 2.29 bits per heavy atom. The second-order valence-corrected chi connectivity index (χ2v) is 3.55. The lowest BCUT2D eigenvalue weighted by Gasteiger charge is -2.19. The predicted octanol–water partition coefficient (Wildman–Crippen LogP) is 1.93. The lowest BCUT2D eigenvalue weighted by atomic mass is 10.3. The molecular formula is C11H15N3. The summed E-state index contributed by atoms with van der Waals surface area (Å²) < 4.78 is 2.13. The summed E-state index contributed by atoms with van der Waals surface area (Å²) >= 11 is 0. The molecule has 0 aromatic carbocycles. The number of hydrogen-bond acceptors (Lipinski definition) is 2. The third-order valence-electron chi connectivity index (χ3n) is 2.48.